The predicted molar refractivity (Wildman–Crippen MR) is 62.9 cm³/mol. The Hall–Kier alpha value is -1.40. The molecule has 0 saturated heterocycles. The molecule has 2 rings (SSSR count). The molecular weight excluding hydrogens is 240 g/mol. The van der Waals surface area contributed by atoms with Crippen LogP contribution in [0.2, 0.25) is 0 Å². The van der Waals surface area contributed by atoms with Gasteiger partial charge in [-0.1, -0.05) is 6.92 Å². The van der Waals surface area contributed by atoms with Crippen LogP contribution in [0.25, 0.3) is 0 Å². The third-order valence-electron chi connectivity index (χ3n) is 2.87. The summed E-state index contributed by atoms with van der Waals surface area (Å²) < 4.78 is 22.0. The van der Waals surface area contributed by atoms with Crippen molar-refractivity contribution in [3.8, 4) is 0 Å². The van der Waals surface area contributed by atoms with Crippen molar-refractivity contribution in [2.75, 3.05) is 0 Å². The number of hydrogen-bond donors (Lipinski definition) is 2. The second-order valence-electron chi connectivity index (χ2n) is 4.36. The molecule has 17 heavy (non-hydrogen) atoms. The SMILES string of the molecule is CC1CC1NC(=O)c1ccc(S(N)(=O)=O)cc1. The zero-order chi connectivity index (χ0) is 12.6. The molecule has 1 fully saturated rings. The van der Waals surface area contributed by atoms with Gasteiger partial charge >= 0.3 is 0 Å². The highest BCUT2D eigenvalue weighted by Gasteiger charge is 2.33. The number of carbonyl (C=O) groups is 1. The topological polar surface area (TPSA) is 89.3 Å². The number of primary sulfonamides is 1. The molecule has 5 nitrogen and oxygen atoms in total. The minimum atomic E-state index is -3.70. The van der Waals surface area contributed by atoms with Crippen LogP contribution in [0.3, 0.4) is 0 Å². The lowest BCUT2D eigenvalue weighted by Crippen LogP contribution is -2.26. The molecular formula is C11H14N2O3S. The molecule has 1 amide bonds. The zero-order valence-electron chi connectivity index (χ0n) is 9.38. The van der Waals surface area contributed by atoms with E-state index in [9.17, 15) is 13.2 Å². The largest absolute Gasteiger partial charge is 0.349 e. The Kier molecular flexibility index (Phi) is 2.92. The number of hydrogen-bond acceptors (Lipinski definition) is 3. The summed E-state index contributed by atoms with van der Waals surface area (Å²) in [6, 6.07) is 5.84. The quantitative estimate of drug-likeness (QED) is 0.821. The summed E-state index contributed by atoms with van der Waals surface area (Å²) in [6.45, 7) is 2.06. The van der Waals surface area contributed by atoms with Crippen LogP contribution in [-0.4, -0.2) is 20.4 Å². The normalized spacial score (nSPS) is 23.2. The maximum Gasteiger partial charge on any atom is 0.251 e. The van der Waals surface area contributed by atoms with Crippen molar-refractivity contribution in [2.24, 2.45) is 11.1 Å². The second kappa shape index (κ2) is 4.12. The van der Waals surface area contributed by atoms with Gasteiger partial charge in [-0.15, -0.1) is 0 Å². The van der Waals surface area contributed by atoms with E-state index in [-0.39, 0.29) is 16.8 Å². The van der Waals surface area contributed by atoms with Crippen LogP contribution in [0.4, 0.5) is 0 Å². The Bertz CT molecular complexity index is 536. The number of carbonyl (C=O) groups excluding carboxylic acids is 1. The molecule has 1 aromatic rings. The standard InChI is InChI=1S/C11H14N2O3S/c1-7-6-10(7)13-11(14)8-2-4-9(5-3-8)17(12,15)16/h2-5,7,10H,6H2,1H3,(H,13,14)(H2,12,15,16). The lowest BCUT2D eigenvalue weighted by molar-refractivity contribution is 0.0949. The fourth-order valence-electron chi connectivity index (χ4n) is 1.57. The Labute approximate surface area is 100 Å². The zero-order valence-corrected chi connectivity index (χ0v) is 10.2. The van der Waals surface area contributed by atoms with Gasteiger partial charge in [0, 0.05) is 11.6 Å². The Morgan fingerprint density at radius 1 is 1.35 bits per heavy atom. The van der Waals surface area contributed by atoms with Crippen LogP contribution in [0.15, 0.2) is 29.2 Å². The van der Waals surface area contributed by atoms with E-state index in [1.807, 2.05) is 0 Å². The third kappa shape index (κ3) is 2.83. The first-order valence-corrected chi connectivity index (χ1v) is 6.86. The van der Waals surface area contributed by atoms with Crippen LogP contribution in [0.5, 0.6) is 0 Å². The number of amides is 1. The van der Waals surface area contributed by atoms with E-state index in [2.05, 4.69) is 12.2 Å². The minimum Gasteiger partial charge on any atom is -0.349 e. The molecule has 0 radical (unpaired) electrons. The fraction of sp³-hybridized carbons (Fsp3) is 0.364. The summed E-state index contributed by atoms with van der Waals surface area (Å²) in [4.78, 5) is 11.7. The summed E-state index contributed by atoms with van der Waals surface area (Å²) in [5, 5.41) is 7.82. The predicted octanol–water partition coefficient (Wildman–Crippen LogP) is 0.472. The van der Waals surface area contributed by atoms with E-state index in [0.29, 0.717) is 11.5 Å². The molecule has 1 aromatic carbocycles. The summed E-state index contributed by atoms with van der Waals surface area (Å²) in [5.41, 5.74) is 0.441. The number of benzene rings is 1. The van der Waals surface area contributed by atoms with E-state index in [0.717, 1.165) is 6.42 Å². The van der Waals surface area contributed by atoms with Crippen LogP contribution < -0.4 is 10.5 Å². The molecule has 1 aliphatic carbocycles. The maximum atomic E-state index is 11.7. The van der Waals surface area contributed by atoms with Crippen molar-refractivity contribution >= 4 is 15.9 Å². The smallest absolute Gasteiger partial charge is 0.251 e. The third-order valence-corrected chi connectivity index (χ3v) is 3.80. The first-order chi connectivity index (χ1) is 7.88. The molecule has 6 heteroatoms. The number of nitrogens with one attached hydrogen (secondary N) is 1. The molecule has 0 aromatic heterocycles. The minimum absolute atomic E-state index is 0.00819. The van der Waals surface area contributed by atoms with Crippen molar-refractivity contribution in [2.45, 2.75) is 24.3 Å². The van der Waals surface area contributed by atoms with Crippen LogP contribution in [0, 0.1) is 5.92 Å². The van der Waals surface area contributed by atoms with Crippen LogP contribution >= 0.6 is 0 Å². The summed E-state index contributed by atoms with van der Waals surface area (Å²) in [6.07, 6.45) is 1.00. The average Bonchev–Trinajstić information content (AvgIpc) is 2.93. The highest BCUT2D eigenvalue weighted by molar-refractivity contribution is 7.89. The Morgan fingerprint density at radius 2 is 1.88 bits per heavy atom. The molecule has 92 valence electrons. The summed E-state index contributed by atoms with van der Waals surface area (Å²) in [7, 11) is -3.70. The van der Waals surface area contributed by atoms with Crippen molar-refractivity contribution in [3.63, 3.8) is 0 Å². The molecule has 0 aliphatic heterocycles. The van der Waals surface area contributed by atoms with E-state index in [1.165, 1.54) is 24.3 Å². The Balaban J connectivity index is 2.10. The van der Waals surface area contributed by atoms with Gasteiger partial charge in [0.25, 0.3) is 5.91 Å². The maximum absolute atomic E-state index is 11.7. The van der Waals surface area contributed by atoms with Gasteiger partial charge in [0.2, 0.25) is 10.0 Å². The molecule has 1 aliphatic rings. The Morgan fingerprint density at radius 3 is 2.29 bits per heavy atom. The highest BCUT2D eigenvalue weighted by Crippen LogP contribution is 2.29. The average molecular weight is 254 g/mol. The first-order valence-electron chi connectivity index (χ1n) is 5.31. The summed E-state index contributed by atoms with van der Waals surface area (Å²) >= 11 is 0. The first kappa shape index (κ1) is 12.1. The molecule has 2 unspecified atom stereocenters. The van der Waals surface area contributed by atoms with Gasteiger partial charge in [0.15, 0.2) is 0 Å². The van der Waals surface area contributed by atoms with Gasteiger partial charge in [-0.05, 0) is 36.6 Å². The van der Waals surface area contributed by atoms with Gasteiger partial charge in [-0.3, -0.25) is 4.79 Å². The molecule has 0 heterocycles. The second-order valence-corrected chi connectivity index (χ2v) is 5.92. The van der Waals surface area contributed by atoms with E-state index in [1.54, 1.807) is 0 Å². The fourth-order valence-corrected chi connectivity index (χ4v) is 2.09. The van der Waals surface area contributed by atoms with Crippen LogP contribution in [0.1, 0.15) is 23.7 Å². The van der Waals surface area contributed by atoms with Gasteiger partial charge < -0.3 is 5.32 Å². The number of nitrogens with two attached hydrogens (primary N) is 1. The lowest BCUT2D eigenvalue weighted by atomic mass is 10.2. The number of rotatable bonds is 3. The lowest BCUT2D eigenvalue weighted by Gasteiger charge is -2.04. The van der Waals surface area contributed by atoms with E-state index in [4.69, 9.17) is 5.14 Å². The van der Waals surface area contributed by atoms with Crippen molar-refractivity contribution in [1.82, 2.24) is 5.32 Å². The highest BCUT2D eigenvalue weighted by atomic mass is 32.2. The van der Waals surface area contributed by atoms with Crippen molar-refractivity contribution in [1.29, 1.82) is 0 Å². The molecule has 2 atom stereocenters. The number of sulfonamides is 1. The van der Waals surface area contributed by atoms with Crippen molar-refractivity contribution < 1.29 is 13.2 Å². The molecule has 3 N–H and O–H groups in total. The van der Waals surface area contributed by atoms with Crippen LogP contribution in [-0.2, 0) is 10.0 Å². The van der Waals surface area contributed by atoms with E-state index >= 15 is 0 Å². The van der Waals surface area contributed by atoms with E-state index < -0.39 is 10.0 Å². The van der Waals surface area contributed by atoms with Crippen molar-refractivity contribution in [3.05, 3.63) is 29.8 Å². The molecule has 1 saturated carbocycles. The van der Waals surface area contributed by atoms with Gasteiger partial charge in [-0.2, -0.15) is 0 Å². The summed E-state index contributed by atoms with van der Waals surface area (Å²) in [5.74, 6) is 0.350. The molecule has 0 spiro atoms. The van der Waals surface area contributed by atoms with Gasteiger partial charge in [-0.25, -0.2) is 13.6 Å². The van der Waals surface area contributed by atoms with Gasteiger partial charge in [0.1, 0.15) is 0 Å². The molecule has 0 bridgehead atoms. The van der Waals surface area contributed by atoms with Gasteiger partial charge in [0.05, 0.1) is 4.90 Å². The monoisotopic (exact) mass is 254 g/mol.